The quantitative estimate of drug-likeness (QED) is 0.653. The van der Waals surface area contributed by atoms with Gasteiger partial charge in [0, 0.05) is 0 Å². The molecule has 0 heterocycles. The third-order valence-electron chi connectivity index (χ3n) is 2.40. The first-order valence-electron chi connectivity index (χ1n) is 4.93. The van der Waals surface area contributed by atoms with Gasteiger partial charge in [-0.25, -0.2) is 0 Å². The first-order chi connectivity index (χ1) is 5.83. The smallest absolute Gasteiger partial charge is 0.106 e. The zero-order valence-corrected chi connectivity index (χ0v) is 8.48. The molecule has 0 aliphatic heterocycles. The predicted octanol–water partition coefficient (Wildman–Crippen LogP) is 2.46. The molecule has 0 bridgehead atoms. The lowest BCUT2D eigenvalue weighted by atomic mass is 9.83. The van der Waals surface area contributed by atoms with E-state index in [1.807, 2.05) is 20.9 Å². The largest absolute Gasteiger partial charge is 0.302 e. The van der Waals surface area contributed by atoms with Crippen molar-refractivity contribution in [2.75, 3.05) is 7.05 Å². The van der Waals surface area contributed by atoms with E-state index in [1.54, 1.807) is 0 Å². The lowest BCUT2D eigenvalue weighted by molar-refractivity contribution is 0.316. The van der Waals surface area contributed by atoms with Crippen LogP contribution < -0.4 is 5.32 Å². The first-order valence-corrected chi connectivity index (χ1v) is 4.93. The number of nitriles is 1. The maximum atomic E-state index is 8.83. The minimum atomic E-state index is -0.182. The molecule has 0 atom stereocenters. The van der Waals surface area contributed by atoms with Crippen LogP contribution in [0.15, 0.2) is 0 Å². The molecule has 0 aromatic carbocycles. The van der Waals surface area contributed by atoms with Gasteiger partial charge in [0.1, 0.15) is 5.54 Å². The van der Waals surface area contributed by atoms with E-state index in [-0.39, 0.29) is 5.54 Å². The molecule has 1 fully saturated rings. The molecule has 1 aliphatic rings. The van der Waals surface area contributed by atoms with Crippen LogP contribution in [-0.2, 0) is 0 Å². The second kappa shape index (κ2) is 6.02. The highest BCUT2D eigenvalue weighted by molar-refractivity contribution is 5.07. The second-order valence-corrected chi connectivity index (χ2v) is 3.00. The van der Waals surface area contributed by atoms with Crippen LogP contribution in [0.5, 0.6) is 0 Å². The highest BCUT2D eigenvalue weighted by Crippen LogP contribution is 2.26. The summed E-state index contributed by atoms with van der Waals surface area (Å²) in [6, 6.07) is 2.36. The fourth-order valence-corrected chi connectivity index (χ4v) is 1.57. The van der Waals surface area contributed by atoms with E-state index < -0.39 is 0 Å². The normalized spacial score (nSPS) is 20.2. The number of hydrogen-bond acceptors (Lipinski definition) is 2. The van der Waals surface area contributed by atoms with E-state index in [1.165, 1.54) is 19.3 Å². The molecule has 0 radical (unpaired) electrons. The van der Waals surface area contributed by atoms with Crippen molar-refractivity contribution in [3.8, 4) is 6.07 Å². The minimum absolute atomic E-state index is 0.182. The van der Waals surface area contributed by atoms with E-state index in [0.717, 1.165) is 12.8 Å². The molecule has 0 amide bonds. The lowest BCUT2D eigenvalue weighted by Gasteiger charge is -2.29. The van der Waals surface area contributed by atoms with Gasteiger partial charge in [-0.3, -0.25) is 0 Å². The Hall–Kier alpha value is -0.550. The fourth-order valence-electron chi connectivity index (χ4n) is 1.57. The van der Waals surface area contributed by atoms with Crippen molar-refractivity contribution in [2.45, 2.75) is 51.5 Å². The van der Waals surface area contributed by atoms with Crippen LogP contribution in [0.1, 0.15) is 46.0 Å². The molecule has 1 rings (SSSR count). The van der Waals surface area contributed by atoms with Gasteiger partial charge in [0.05, 0.1) is 6.07 Å². The van der Waals surface area contributed by atoms with Crippen LogP contribution in [-0.4, -0.2) is 12.6 Å². The van der Waals surface area contributed by atoms with Gasteiger partial charge in [0.15, 0.2) is 0 Å². The molecule has 0 unspecified atom stereocenters. The summed E-state index contributed by atoms with van der Waals surface area (Å²) >= 11 is 0. The van der Waals surface area contributed by atoms with E-state index in [4.69, 9.17) is 5.26 Å². The summed E-state index contributed by atoms with van der Waals surface area (Å²) in [5.41, 5.74) is -0.182. The van der Waals surface area contributed by atoms with Crippen molar-refractivity contribution < 1.29 is 0 Å². The van der Waals surface area contributed by atoms with Gasteiger partial charge >= 0.3 is 0 Å². The molecular formula is C10H20N2. The first kappa shape index (κ1) is 11.4. The molecule has 12 heavy (non-hydrogen) atoms. The van der Waals surface area contributed by atoms with Gasteiger partial charge in [0.25, 0.3) is 0 Å². The number of hydrogen-bond donors (Lipinski definition) is 1. The number of nitrogens with zero attached hydrogens (tertiary/aromatic N) is 1. The average Bonchev–Trinajstić information content (AvgIpc) is 2.22. The predicted molar refractivity (Wildman–Crippen MR) is 51.8 cm³/mol. The van der Waals surface area contributed by atoms with E-state index >= 15 is 0 Å². The number of nitrogens with one attached hydrogen (secondary N) is 1. The zero-order chi connectivity index (χ0) is 9.45. The fraction of sp³-hybridized carbons (Fsp3) is 0.900. The summed E-state index contributed by atoms with van der Waals surface area (Å²) in [4.78, 5) is 0. The van der Waals surface area contributed by atoms with Crippen LogP contribution in [0.25, 0.3) is 0 Å². The van der Waals surface area contributed by atoms with Gasteiger partial charge < -0.3 is 5.32 Å². The van der Waals surface area contributed by atoms with Gasteiger partial charge in [0.2, 0.25) is 0 Å². The van der Waals surface area contributed by atoms with Crippen LogP contribution in [0, 0.1) is 11.3 Å². The highest BCUT2D eigenvalue weighted by Gasteiger charge is 2.29. The Bertz CT molecular complexity index is 140. The summed E-state index contributed by atoms with van der Waals surface area (Å²) in [7, 11) is 1.88. The SMILES string of the molecule is CC.CNC1(C#N)CCCCC1. The zero-order valence-electron chi connectivity index (χ0n) is 8.48. The maximum absolute atomic E-state index is 8.83. The van der Waals surface area contributed by atoms with Crippen LogP contribution in [0.2, 0.25) is 0 Å². The third kappa shape index (κ3) is 2.83. The van der Waals surface area contributed by atoms with Crippen molar-refractivity contribution >= 4 is 0 Å². The second-order valence-electron chi connectivity index (χ2n) is 3.00. The summed E-state index contributed by atoms with van der Waals surface area (Å²) in [5.74, 6) is 0. The van der Waals surface area contributed by atoms with Gasteiger partial charge in [-0.1, -0.05) is 33.1 Å². The summed E-state index contributed by atoms with van der Waals surface area (Å²) in [6.45, 7) is 4.00. The summed E-state index contributed by atoms with van der Waals surface area (Å²) in [6.07, 6.45) is 5.76. The van der Waals surface area contributed by atoms with E-state index in [0.29, 0.717) is 0 Å². The van der Waals surface area contributed by atoms with E-state index in [2.05, 4.69) is 11.4 Å². The molecule has 0 spiro atoms. The molecule has 2 nitrogen and oxygen atoms in total. The van der Waals surface area contributed by atoms with Crippen molar-refractivity contribution in [2.24, 2.45) is 0 Å². The Morgan fingerprint density at radius 1 is 1.17 bits per heavy atom. The van der Waals surface area contributed by atoms with Gasteiger partial charge in [-0.05, 0) is 19.9 Å². The van der Waals surface area contributed by atoms with Crippen molar-refractivity contribution in [3.63, 3.8) is 0 Å². The topological polar surface area (TPSA) is 35.8 Å². The lowest BCUT2D eigenvalue weighted by Crippen LogP contribution is -2.42. The summed E-state index contributed by atoms with van der Waals surface area (Å²) in [5, 5.41) is 11.9. The van der Waals surface area contributed by atoms with Crippen molar-refractivity contribution in [1.29, 1.82) is 5.26 Å². The Morgan fingerprint density at radius 2 is 1.67 bits per heavy atom. The minimum Gasteiger partial charge on any atom is -0.302 e. The molecule has 0 saturated heterocycles. The summed E-state index contributed by atoms with van der Waals surface area (Å²) < 4.78 is 0. The molecular weight excluding hydrogens is 148 g/mol. The average molecular weight is 168 g/mol. The van der Waals surface area contributed by atoms with Crippen molar-refractivity contribution in [1.82, 2.24) is 5.32 Å². The Balaban J connectivity index is 0.000000561. The molecule has 70 valence electrons. The monoisotopic (exact) mass is 168 g/mol. The van der Waals surface area contributed by atoms with Crippen LogP contribution in [0.3, 0.4) is 0 Å². The molecule has 2 heteroatoms. The molecule has 1 aliphatic carbocycles. The Kier molecular flexibility index (Phi) is 5.74. The standard InChI is InChI=1S/C8H14N2.C2H6/c1-10-8(7-9)5-3-2-4-6-8;1-2/h10H,2-6H2,1H3;1-2H3. The maximum Gasteiger partial charge on any atom is 0.106 e. The Labute approximate surface area is 76.0 Å². The third-order valence-corrected chi connectivity index (χ3v) is 2.40. The van der Waals surface area contributed by atoms with Gasteiger partial charge in [-0.2, -0.15) is 5.26 Å². The molecule has 0 aromatic rings. The molecule has 1 saturated carbocycles. The highest BCUT2D eigenvalue weighted by atomic mass is 14.9. The van der Waals surface area contributed by atoms with Crippen LogP contribution in [0.4, 0.5) is 0 Å². The van der Waals surface area contributed by atoms with Gasteiger partial charge in [-0.15, -0.1) is 0 Å². The molecule has 0 aromatic heterocycles. The molecule has 1 N–H and O–H groups in total. The van der Waals surface area contributed by atoms with Crippen LogP contribution >= 0.6 is 0 Å². The van der Waals surface area contributed by atoms with E-state index in [9.17, 15) is 0 Å². The Morgan fingerprint density at radius 3 is 1.92 bits per heavy atom. The van der Waals surface area contributed by atoms with Crippen molar-refractivity contribution in [3.05, 3.63) is 0 Å². The number of rotatable bonds is 1.